The highest BCUT2D eigenvalue weighted by molar-refractivity contribution is 6.26. The first kappa shape index (κ1) is 29.6. The Hall–Kier alpha value is -0.383. The maximum atomic E-state index is 13.4. The normalized spacial score (nSPS) is 12.2. The van der Waals surface area contributed by atoms with E-state index in [9.17, 15) is 4.46 Å². The van der Waals surface area contributed by atoms with Crippen LogP contribution in [0.1, 0.15) is 157 Å². The molecule has 0 saturated carbocycles. The fraction of sp³-hybridized carbons (Fsp3) is 1.00. The molecule has 0 bridgehead atoms. The Kier molecular flexibility index (Phi) is 18.0. The van der Waals surface area contributed by atoms with Crippen molar-refractivity contribution in [3.63, 3.8) is 0 Å². The minimum absolute atomic E-state index is 0.260. The third-order valence-electron chi connectivity index (χ3n) is 6.52. The van der Waals surface area contributed by atoms with Crippen LogP contribution in [0.2, 0.25) is 0 Å². The van der Waals surface area contributed by atoms with Gasteiger partial charge in [-0.15, -0.1) is 0 Å². The molecule has 0 aromatic rings. The van der Waals surface area contributed by atoms with Crippen molar-refractivity contribution >= 4 is 9.17 Å². The van der Waals surface area contributed by atoms with Gasteiger partial charge in [-0.05, 0) is 77.0 Å². The summed E-state index contributed by atoms with van der Waals surface area (Å²) in [7, 11) is -2.53. The number of hydrogen-bond donors (Lipinski definition) is 0. The second-order valence-electron chi connectivity index (χ2n) is 9.44. The molecule has 30 heavy (non-hydrogen) atoms. The van der Waals surface area contributed by atoms with Gasteiger partial charge in [0, 0.05) is 0 Å². The number of rotatable bonds is 22. The van der Waals surface area contributed by atoms with Gasteiger partial charge in [0.15, 0.2) is 0 Å². The van der Waals surface area contributed by atoms with E-state index in [1.54, 1.807) is 0 Å². The summed E-state index contributed by atoms with van der Waals surface area (Å²) in [5.41, 5.74) is -0.520. The molecule has 0 aliphatic rings. The van der Waals surface area contributed by atoms with Gasteiger partial charge in [-0.2, -0.15) is 0 Å². The molecular weight excluding hydrogens is 388 g/mol. The lowest BCUT2D eigenvalue weighted by Gasteiger charge is -2.38. The highest BCUT2D eigenvalue weighted by Gasteiger charge is 2.39. The Morgan fingerprint density at radius 1 is 0.467 bits per heavy atom. The standard InChI is InChI=1S/C26H54O3Si/c1-7-13-19-25(20-14-8-2,21-15-9-3)28-30(27)29-26(22-16-10-4,23-17-11-5)24-18-12-6/h7-24H2,1-6H3. The van der Waals surface area contributed by atoms with Crippen LogP contribution < -0.4 is 0 Å². The molecule has 0 aromatic carbocycles. The summed E-state index contributed by atoms with van der Waals surface area (Å²) in [6.45, 7) is 13.4. The summed E-state index contributed by atoms with van der Waals surface area (Å²) in [6, 6.07) is 0. The van der Waals surface area contributed by atoms with E-state index in [0.717, 1.165) is 116 Å². The van der Waals surface area contributed by atoms with Crippen LogP contribution in [0.15, 0.2) is 0 Å². The minimum Gasteiger partial charge on any atom is -0.491 e. The number of unbranched alkanes of at least 4 members (excludes halogenated alkanes) is 6. The molecule has 3 nitrogen and oxygen atoms in total. The molecule has 0 unspecified atom stereocenters. The summed E-state index contributed by atoms with van der Waals surface area (Å²) >= 11 is 0. The molecule has 0 amide bonds. The average Bonchev–Trinajstić information content (AvgIpc) is 2.75. The fourth-order valence-corrected chi connectivity index (χ4v) is 5.79. The van der Waals surface area contributed by atoms with E-state index in [2.05, 4.69) is 41.5 Å². The van der Waals surface area contributed by atoms with Crippen molar-refractivity contribution in [2.75, 3.05) is 0 Å². The van der Waals surface area contributed by atoms with Gasteiger partial charge < -0.3 is 8.85 Å². The van der Waals surface area contributed by atoms with Gasteiger partial charge >= 0.3 is 9.17 Å². The Morgan fingerprint density at radius 3 is 0.833 bits per heavy atom. The van der Waals surface area contributed by atoms with E-state index in [1.165, 1.54) is 0 Å². The molecule has 0 rings (SSSR count). The molecular formula is C26H54O3Si. The molecule has 0 radical (unpaired) electrons. The lowest BCUT2D eigenvalue weighted by molar-refractivity contribution is -0.0501. The summed E-state index contributed by atoms with van der Waals surface area (Å²) in [6.07, 6.45) is 19.8. The first-order valence-electron chi connectivity index (χ1n) is 13.4. The topological polar surface area (TPSA) is 35.5 Å². The summed E-state index contributed by atoms with van der Waals surface area (Å²) in [4.78, 5) is 0. The van der Waals surface area contributed by atoms with E-state index in [4.69, 9.17) is 8.85 Å². The molecule has 0 fully saturated rings. The second-order valence-corrected chi connectivity index (χ2v) is 10.3. The van der Waals surface area contributed by atoms with Crippen molar-refractivity contribution in [2.45, 2.75) is 168 Å². The Bertz CT molecular complexity index is 332. The number of hydrogen-bond acceptors (Lipinski definition) is 3. The highest BCUT2D eigenvalue weighted by Crippen LogP contribution is 2.35. The molecule has 0 aliphatic heterocycles. The molecule has 4 heteroatoms. The first-order chi connectivity index (χ1) is 14.5. The quantitative estimate of drug-likeness (QED) is 0.157. The second kappa shape index (κ2) is 18.2. The Labute approximate surface area is 191 Å². The summed E-state index contributed by atoms with van der Waals surface area (Å²) in [5.74, 6) is 0. The minimum atomic E-state index is -2.53. The van der Waals surface area contributed by atoms with Crippen LogP contribution in [-0.4, -0.2) is 20.4 Å². The van der Waals surface area contributed by atoms with E-state index in [1.807, 2.05) is 0 Å². The molecule has 0 aromatic heterocycles. The zero-order valence-corrected chi connectivity index (χ0v) is 22.5. The lowest BCUT2D eigenvalue weighted by atomic mass is 9.86. The van der Waals surface area contributed by atoms with Gasteiger partial charge in [-0.25, -0.2) is 0 Å². The van der Waals surface area contributed by atoms with Gasteiger partial charge in [-0.1, -0.05) is 80.1 Å². The predicted molar refractivity (Wildman–Crippen MR) is 131 cm³/mol. The Morgan fingerprint density at radius 2 is 0.667 bits per heavy atom. The molecule has 0 aliphatic carbocycles. The van der Waals surface area contributed by atoms with Crippen molar-refractivity contribution in [1.29, 1.82) is 0 Å². The third-order valence-corrected chi connectivity index (χ3v) is 7.71. The van der Waals surface area contributed by atoms with Gasteiger partial charge in [0.25, 0.3) is 0 Å². The fourth-order valence-electron chi connectivity index (χ4n) is 4.42. The van der Waals surface area contributed by atoms with Crippen LogP contribution >= 0.6 is 0 Å². The molecule has 0 atom stereocenters. The monoisotopic (exact) mass is 442 g/mol. The summed E-state index contributed by atoms with van der Waals surface area (Å²) in [5, 5.41) is 0. The molecule has 0 spiro atoms. The average molecular weight is 443 g/mol. The SMILES string of the molecule is CCCCC(CCCC)(CCCC)O[Si](=O)OC(CCCC)(CCCC)CCCC. The van der Waals surface area contributed by atoms with Gasteiger partial charge in [0.2, 0.25) is 0 Å². The van der Waals surface area contributed by atoms with Gasteiger partial charge in [0.05, 0.1) is 11.2 Å². The zero-order valence-electron chi connectivity index (χ0n) is 21.5. The van der Waals surface area contributed by atoms with E-state index >= 15 is 0 Å². The smallest absolute Gasteiger partial charge is 0.491 e. The van der Waals surface area contributed by atoms with Crippen LogP contribution in [-0.2, 0) is 13.3 Å². The van der Waals surface area contributed by atoms with E-state index in [0.29, 0.717) is 0 Å². The van der Waals surface area contributed by atoms with Gasteiger partial charge in [0.1, 0.15) is 0 Å². The first-order valence-corrected chi connectivity index (χ1v) is 14.6. The van der Waals surface area contributed by atoms with Gasteiger partial charge in [-0.3, -0.25) is 4.46 Å². The maximum Gasteiger partial charge on any atom is 0.768 e. The van der Waals surface area contributed by atoms with Crippen LogP contribution in [0.3, 0.4) is 0 Å². The molecule has 0 saturated heterocycles. The van der Waals surface area contributed by atoms with E-state index < -0.39 is 9.17 Å². The zero-order chi connectivity index (χ0) is 22.7. The predicted octanol–water partition coefficient (Wildman–Crippen LogP) is 9.05. The van der Waals surface area contributed by atoms with Crippen molar-refractivity contribution < 1.29 is 13.3 Å². The lowest BCUT2D eigenvalue weighted by Crippen LogP contribution is -2.42. The van der Waals surface area contributed by atoms with Crippen molar-refractivity contribution in [1.82, 2.24) is 0 Å². The third kappa shape index (κ3) is 12.5. The van der Waals surface area contributed by atoms with E-state index in [-0.39, 0.29) is 11.2 Å². The van der Waals surface area contributed by atoms with Crippen molar-refractivity contribution in [2.24, 2.45) is 0 Å². The molecule has 0 heterocycles. The van der Waals surface area contributed by atoms with Crippen LogP contribution in [0.5, 0.6) is 0 Å². The van der Waals surface area contributed by atoms with Crippen LogP contribution in [0.25, 0.3) is 0 Å². The van der Waals surface area contributed by atoms with Crippen LogP contribution in [0.4, 0.5) is 0 Å². The molecule has 0 N–H and O–H groups in total. The summed E-state index contributed by atoms with van der Waals surface area (Å²) < 4.78 is 26.3. The largest absolute Gasteiger partial charge is 0.768 e. The molecule has 180 valence electrons. The highest BCUT2D eigenvalue weighted by atomic mass is 28.3. The maximum absolute atomic E-state index is 13.4. The van der Waals surface area contributed by atoms with Crippen molar-refractivity contribution in [3.8, 4) is 0 Å². The van der Waals surface area contributed by atoms with Crippen LogP contribution in [0, 0.1) is 0 Å². The van der Waals surface area contributed by atoms with Crippen molar-refractivity contribution in [3.05, 3.63) is 0 Å². The Balaban J connectivity index is 5.50.